The van der Waals surface area contributed by atoms with Gasteiger partial charge in [0.05, 0.1) is 4.92 Å². The van der Waals surface area contributed by atoms with Gasteiger partial charge >= 0.3 is 0 Å². The third-order valence-corrected chi connectivity index (χ3v) is 3.08. The summed E-state index contributed by atoms with van der Waals surface area (Å²) in [6, 6.07) is 1.77. The Kier molecular flexibility index (Phi) is 3.60. The van der Waals surface area contributed by atoms with Crippen molar-refractivity contribution in [3.8, 4) is 0 Å². The van der Waals surface area contributed by atoms with Gasteiger partial charge in [-0.3, -0.25) is 14.9 Å². The zero-order valence-corrected chi connectivity index (χ0v) is 11.7. The van der Waals surface area contributed by atoms with Gasteiger partial charge < -0.3 is 0 Å². The first kappa shape index (κ1) is 14.4. The maximum atomic E-state index is 11.8. The summed E-state index contributed by atoms with van der Waals surface area (Å²) in [6.45, 7) is 10.8. The highest BCUT2D eigenvalue weighted by molar-refractivity contribution is 5.98. The predicted octanol–water partition coefficient (Wildman–Crippen LogP) is 3.71. The average molecular weight is 249 g/mol. The van der Waals surface area contributed by atoms with Crippen LogP contribution >= 0.6 is 0 Å². The SMILES string of the molecule is CC(=O)c1c(C(C)(C)C)cc(C)c([N+](=O)[O-])c1C. The number of nitro groups is 1. The van der Waals surface area contributed by atoms with E-state index in [2.05, 4.69) is 0 Å². The highest BCUT2D eigenvalue weighted by Crippen LogP contribution is 2.35. The smallest absolute Gasteiger partial charge is 0.275 e. The molecule has 0 aliphatic rings. The normalized spacial score (nSPS) is 11.4. The summed E-state index contributed by atoms with van der Waals surface area (Å²) < 4.78 is 0. The summed E-state index contributed by atoms with van der Waals surface area (Å²) in [5.41, 5.74) is 2.26. The van der Waals surface area contributed by atoms with Gasteiger partial charge in [-0.05, 0) is 37.8 Å². The molecule has 0 aliphatic heterocycles. The molecule has 0 spiro atoms. The Hall–Kier alpha value is -1.71. The molecule has 0 bridgehead atoms. The quantitative estimate of drug-likeness (QED) is 0.456. The second kappa shape index (κ2) is 4.52. The van der Waals surface area contributed by atoms with E-state index in [0.717, 1.165) is 5.56 Å². The Labute approximate surface area is 107 Å². The van der Waals surface area contributed by atoms with Crippen molar-refractivity contribution >= 4 is 11.5 Å². The highest BCUT2D eigenvalue weighted by atomic mass is 16.6. The van der Waals surface area contributed by atoms with Crippen LogP contribution in [0, 0.1) is 24.0 Å². The lowest BCUT2D eigenvalue weighted by molar-refractivity contribution is -0.386. The molecular formula is C14H19NO3. The molecule has 98 valence electrons. The van der Waals surface area contributed by atoms with Crippen molar-refractivity contribution in [2.24, 2.45) is 0 Å². The van der Waals surface area contributed by atoms with Crippen LogP contribution in [0.2, 0.25) is 0 Å². The predicted molar refractivity (Wildman–Crippen MR) is 71.3 cm³/mol. The fourth-order valence-corrected chi connectivity index (χ4v) is 2.30. The Balaban J connectivity index is 3.78. The van der Waals surface area contributed by atoms with Crippen LogP contribution in [-0.4, -0.2) is 10.7 Å². The van der Waals surface area contributed by atoms with Crippen molar-refractivity contribution in [2.45, 2.75) is 47.0 Å². The summed E-state index contributed by atoms with van der Waals surface area (Å²) in [7, 11) is 0. The number of nitrogens with zero attached hydrogens (tertiary/aromatic N) is 1. The zero-order valence-electron chi connectivity index (χ0n) is 11.7. The van der Waals surface area contributed by atoms with Gasteiger partial charge in [0.2, 0.25) is 0 Å². The number of carbonyl (C=O) groups excluding carboxylic acids is 1. The molecule has 0 unspecified atom stereocenters. The Morgan fingerprint density at radius 1 is 1.28 bits per heavy atom. The Morgan fingerprint density at radius 3 is 2.11 bits per heavy atom. The minimum atomic E-state index is -0.413. The first-order valence-electron chi connectivity index (χ1n) is 5.87. The lowest BCUT2D eigenvalue weighted by Gasteiger charge is -2.24. The van der Waals surface area contributed by atoms with Gasteiger partial charge in [-0.25, -0.2) is 0 Å². The van der Waals surface area contributed by atoms with Crippen LogP contribution in [-0.2, 0) is 5.41 Å². The number of hydrogen-bond donors (Lipinski definition) is 0. The monoisotopic (exact) mass is 249 g/mol. The summed E-state index contributed by atoms with van der Waals surface area (Å²) in [4.78, 5) is 22.5. The second-order valence-electron chi connectivity index (χ2n) is 5.65. The minimum Gasteiger partial charge on any atom is -0.294 e. The van der Waals surface area contributed by atoms with Crippen LogP contribution in [0.1, 0.15) is 54.7 Å². The van der Waals surface area contributed by atoms with Crippen molar-refractivity contribution < 1.29 is 9.72 Å². The number of Topliss-reactive ketones (excluding diaryl/α,β-unsaturated/α-hetero) is 1. The minimum absolute atomic E-state index is 0.0493. The van der Waals surface area contributed by atoms with E-state index in [1.165, 1.54) is 6.92 Å². The van der Waals surface area contributed by atoms with Crippen molar-refractivity contribution in [1.29, 1.82) is 0 Å². The molecule has 0 saturated carbocycles. The molecule has 0 amide bonds. The standard InChI is InChI=1S/C14H19NO3/c1-8-7-11(14(4,5)6)12(10(3)16)9(2)13(8)15(17)18/h7H,1-6H3. The van der Waals surface area contributed by atoms with E-state index >= 15 is 0 Å². The van der Waals surface area contributed by atoms with Crippen LogP contribution in [0.4, 0.5) is 5.69 Å². The number of rotatable bonds is 2. The van der Waals surface area contributed by atoms with E-state index < -0.39 is 4.92 Å². The molecule has 0 fully saturated rings. The van der Waals surface area contributed by atoms with Crippen LogP contribution in [0.5, 0.6) is 0 Å². The van der Waals surface area contributed by atoms with Crippen LogP contribution < -0.4 is 0 Å². The summed E-state index contributed by atoms with van der Waals surface area (Å²) in [6.07, 6.45) is 0. The van der Waals surface area contributed by atoms with Gasteiger partial charge in [-0.15, -0.1) is 0 Å². The van der Waals surface area contributed by atoms with E-state index in [1.807, 2.05) is 20.8 Å². The maximum absolute atomic E-state index is 11.8. The van der Waals surface area contributed by atoms with Gasteiger partial charge in [0.1, 0.15) is 0 Å². The number of aryl methyl sites for hydroxylation is 1. The molecule has 0 radical (unpaired) electrons. The molecule has 18 heavy (non-hydrogen) atoms. The third-order valence-electron chi connectivity index (χ3n) is 3.08. The molecule has 0 N–H and O–H groups in total. The van der Waals surface area contributed by atoms with Crippen molar-refractivity contribution in [3.05, 3.63) is 38.4 Å². The zero-order chi connectivity index (χ0) is 14.2. The van der Waals surface area contributed by atoms with Crippen LogP contribution in [0.15, 0.2) is 6.07 Å². The van der Waals surface area contributed by atoms with Crippen LogP contribution in [0.3, 0.4) is 0 Å². The average Bonchev–Trinajstić information content (AvgIpc) is 2.13. The molecule has 0 aromatic heterocycles. The number of benzene rings is 1. The molecule has 1 aromatic carbocycles. The van der Waals surface area contributed by atoms with Crippen molar-refractivity contribution in [2.75, 3.05) is 0 Å². The lowest BCUT2D eigenvalue weighted by atomic mass is 9.79. The molecule has 1 rings (SSSR count). The van der Waals surface area contributed by atoms with Crippen molar-refractivity contribution in [3.63, 3.8) is 0 Å². The van der Waals surface area contributed by atoms with Gasteiger partial charge in [0, 0.05) is 16.7 Å². The fourth-order valence-electron chi connectivity index (χ4n) is 2.30. The number of ketones is 1. The van der Waals surface area contributed by atoms with E-state index in [9.17, 15) is 14.9 Å². The Bertz CT molecular complexity index is 525. The first-order chi connectivity index (χ1) is 8.07. The third kappa shape index (κ3) is 2.42. The van der Waals surface area contributed by atoms with E-state index in [4.69, 9.17) is 0 Å². The molecule has 0 aliphatic carbocycles. The molecule has 0 saturated heterocycles. The van der Waals surface area contributed by atoms with Crippen LogP contribution in [0.25, 0.3) is 0 Å². The van der Waals surface area contributed by atoms with Gasteiger partial charge in [-0.2, -0.15) is 0 Å². The molecule has 0 heterocycles. The molecule has 1 aromatic rings. The number of nitro benzene ring substituents is 1. The number of carbonyl (C=O) groups is 1. The second-order valence-corrected chi connectivity index (χ2v) is 5.65. The number of hydrogen-bond acceptors (Lipinski definition) is 3. The van der Waals surface area contributed by atoms with Gasteiger partial charge in [0.15, 0.2) is 5.78 Å². The molecule has 4 heteroatoms. The maximum Gasteiger partial charge on any atom is 0.275 e. The fraction of sp³-hybridized carbons (Fsp3) is 0.500. The van der Waals surface area contributed by atoms with Gasteiger partial charge in [-0.1, -0.05) is 20.8 Å². The topological polar surface area (TPSA) is 60.2 Å². The summed E-state index contributed by atoms with van der Waals surface area (Å²) >= 11 is 0. The Morgan fingerprint density at radius 2 is 1.78 bits per heavy atom. The molecular weight excluding hydrogens is 230 g/mol. The summed E-state index contributed by atoms with van der Waals surface area (Å²) in [5.74, 6) is -0.125. The van der Waals surface area contributed by atoms with Gasteiger partial charge in [0.25, 0.3) is 5.69 Å². The van der Waals surface area contributed by atoms with Crippen molar-refractivity contribution in [1.82, 2.24) is 0 Å². The summed E-state index contributed by atoms with van der Waals surface area (Å²) in [5, 5.41) is 11.1. The molecule has 4 nitrogen and oxygen atoms in total. The van der Waals surface area contributed by atoms with E-state index in [-0.39, 0.29) is 16.9 Å². The van der Waals surface area contributed by atoms with E-state index in [0.29, 0.717) is 16.7 Å². The molecule has 0 atom stereocenters. The lowest BCUT2D eigenvalue weighted by Crippen LogP contribution is -2.18. The largest absolute Gasteiger partial charge is 0.294 e. The highest BCUT2D eigenvalue weighted by Gasteiger charge is 2.28. The van der Waals surface area contributed by atoms with E-state index in [1.54, 1.807) is 19.9 Å². The first-order valence-corrected chi connectivity index (χ1v) is 5.87.